The Morgan fingerprint density at radius 2 is 1.80 bits per heavy atom. The van der Waals surface area contributed by atoms with Crippen LogP contribution in [0.15, 0.2) is 18.2 Å². The first-order chi connectivity index (χ1) is 7.02. The fourth-order valence-corrected chi connectivity index (χ4v) is 1.36. The topological polar surface area (TPSA) is 46.2 Å². The molecule has 0 heterocycles. The minimum absolute atomic E-state index is 0.161. The highest BCUT2D eigenvalue weighted by molar-refractivity contribution is 5.20. The van der Waals surface area contributed by atoms with Crippen LogP contribution in [-0.4, -0.2) is 11.1 Å². The number of rotatable bonds is 4. The second-order valence-electron chi connectivity index (χ2n) is 3.62. The van der Waals surface area contributed by atoms with Gasteiger partial charge in [-0.1, -0.05) is 6.92 Å². The first-order valence-electron chi connectivity index (χ1n) is 4.92. The molecular weight excluding hydrogens is 200 g/mol. The molecule has 0 aliphatic rings. The summed E-state index contributed by atoms with van der Waals surface area (Å²) in [6, 6.07) is 2.86. The average molecular weight is 215 g/mol. The normalized spacial score (nSPS) is 15.0. The minimum atomic E-state index is -0.912. The average Bonchev–Trinajstić information content (AvgIpc) is 2.16. The Balaban J connectivity index is 2.77. The zero-order valence-corrected chi connectivity index (χ0v) is 8.58. The van der Waals surface area contributed by atoms with Crippen molar-refractivity contribution >= 4 is 0 Å². The lowest BCUT2D eigenvalue weighted by Crippen LogP contribution is -2.21. The van der Waals surface area contributed by atoms with Crippen LogP contribution in [0.2, 0.25) is 0 Å². The molecule has 0 amide bonds. The molecule has 0 fully saturated rings. The van der Waals surface area contributed by atoms with Crippen molar-refractivity contribution in [2.75, 3.05) is 0 Å². The van der Waals surface area contributed by atoms with Crippen LogP contribution in [-0.2, 0) is 0 Å². The monoisotopic (exact) mass is 215 g/mol. The number of nitrogens with two attached hydrogens (primary N) is 1. The molecule has 1 aromatic rings. The van der Waals surface area contributed by atoms with Crippen LogP contribution in [0, 0.1) is 11.6 Å². The van der Waals surface area contributed by atoms with Crippen molar-refractivity contribution in [1.29, 1.82) is 0 Å². The summed E-state index contributed by atoms with van der Waals surface area (Å²) in [5, 5.41) is 9.66. The standard InChI is InChI=1S/C11H15F2NO/c1-2-10(14)6-11(15)7-3-8(12)5-9(13)4-7/h3-5,10-11,15H,2,6,14H2,1H3. The lowest BCUT2D eigenvalue weighted by Gasteiger charge is -2.15. The summed E-state index contributed by atoms with van der Waals surface area (Å²) in [4.78, 5) is 0. The van der Waals surface area contributed by atoms with Gasteiger partial charge in [-0.3, -0.25) is 0 Å². The maximum atomic E-state index is 12.8. The van der Waals surface area contributed by atoms with Crippen LogP contribution in [0.4, 0.5) is 8.78 Å². The zero-order valence-electron chi connectivity index (χ0n) is 8.58. The first-order valence-corrected chi connectivity index (χ1v) is 4.92. The van der Waals surface area contributed by atoms with Crippen molar-refractivity contribution in [3.05, 3.63) is 35.4 Å². The van der Waals surface area contributed by atoms with E-state index in [1.54, 1.807) is 0 Å². The number of hydrogen-bond acceptors (Lipinski definition) is 2. The van der Waals surface area contributed by atoms with Crippen LogP contribution >= 0.6 is 0 Å². The number of halogens is 2. The molecule has 0 aliphatic heterocycles. The molecule has 0 spiro atoms. The highest BCUT2D eigenvalue weighted by atomic mass is 19.1. The first kappa shape index (κ1) is 12.1. The van der Waals surface area contributed by atoms with Gasteiger partial charge in [-0.05, 0) is 30.5 Å². The highest BCUT2D eigenvalue weighted by Crippen LogP contribution is 2.20. The van der Waals surface area contributed by atoms with Gasteiger partial charge in [0.25, 0.3) is 0 Å². The van der Waals surface area contributed by atoms with Crippen LogP contribution < -0.4 is 5.73 Å². The smallest absolute Gasteiger partial charge is 0.126 e. The third kappa shape index (κ3) is 3.57. The van der Waals surface area contributed by atoms with Crippen LogP contribution in [0.3, 0.4) is 0 Å². The maximum Gasteiger partial charge on any atom is 0.126 e. The Morgan fingerprint density at radius 3 is 2.27 bits per heavy atom. The van der Waals surface area contributed by atoms with E-state index in [4.69, 9.17) is 5.73 Å². The summed E-state index contributed by atoms with van der Waals surface area (Å²) in [6.07, 6.45) is 0.110. The molecule has 3 N–H and O–H groups in total. The number of benzene rings is 1. The highest BCUT2D eigenvalue weighted by Gasteiger charge is 2.13. The van der Waals surface area contributed by atoms with Crippen LogP contribution in [0.25, 0.3) is 0 Å². The van der Waals surface area contributed by atoms with Gasteiger partial charge in [-0.25, -0.2) is 8.78 Å². The molecule has 0 bridgehead atoms. The second-order valence-corrected chi connectivity index (χ2v) is 3.62. The molecule has 1 aromatic carbocycles. The molecule has 0 radical (unpaired) electrons. The third-order valence-electron chi connectivity index (χ3n) is 2.32. The van der Waals surface area contributed by atoms with Gasteiger partial charge in [0, 0.05) is 12.1 Å². The molecule has 0 saturated heterocycles. The van der Waals surface area contributed by atoms with Crippen molar-refractivity contribution in [1.82, 2.24) is 0 Å². The van der Waals surface area contributed by atoms with Gasteiger partial charge < -0.3 is 10.8 Å². The van der Waals surface area contributed by atoms with Gasteiger partial charge in [-0.2, -0.15) is 0 Å². The molecule has 2 unspecified atom stereocenters. The van der Waals surface area contributed by atoms with Gasteiger partial charge in [0.05, 0.1) is 6.10 Å². The van der Waals surface area contributed by atoms with Crippen LogP contribution in [0.1, 0.15) is 31.4 Å². The van der Waals surface area contributed by atoms with Crippen molar-refractivity contribution in [3.8, 4) is 0 Å². The predicted octanol–water partition coefficient (Wildman–Crippen LogP) is 2.13. The molecule has 2 nitrogen and oxygen atoms in total. The zero-order chi connectivity index (χ0) is 11.4. The van der Waals surface area contributed by atoms with Gasteiger partial charge >= 0.3 is 0 Å². The Bertz CT molecular complexity index is 310. The van der Waals surface area contributed by atoms with Gasteiger partial charge in [-0.15, -0.1) is 0 Å². The Labute approximate surface area is 87.7 Å². The quantitative estimate of drug-likeness (QED) is 0.808. The van der Waals surface area contributed by atoms with Crippen LogP contribution in [0.5, 0.6) is 0 Å². The minimum Gasteiger partial charge on any atom is -0.388 e. The summed E-state index contributed by atoms with van der Waals surface area (Å²) in [5.41, 5.74) is 5.87. The molecule has 84 valence electrons. The molecule has 0 saturated carbocycles. The number of aliphatic hydroxyl groups is 1. The van der Waals surface area contributed by atoms with E-state index in [0.29, 0.717) is 6.42 Å². The van der Waals surface area contributed by atoms with Crippen molar-refractivity contribution in [2.24, 2.45) is 5.73 Å². The molecule has 2 atom stereocenters. The predicted molar refractivity (Wildman–Crippen MR) is 54.2 cm³/mol. The maximum absolute atomic E-state index is 12.8. The second kappa shape index (κ2) is 5.19. The Morgan fingerprint density at radius 1 is 1.27 bits per heavy atom. The lowest BCUT2D eigenvalue weighted by atomic mass is 10.0. The van der Waals surface area contributed by atoms with E-state index < -0.39 is 17.7 Å². The summed E-state index contributed by atoms with van der Waals surface area (Å²) in [6.45, 7) is 1.89. The SMILES string of the molecule is CCC(N)CC(O)c1cc(F)cc(F)c1. The van der Waals surface area contributed by atoms with Crippen molar-refractivity contribution in [3.63, 3.8) is 0 Å². The molecular formula is C11H15F2NO. The van der Waals surface area contributed by atoms with E-state index in [2.05, 4.69) is 0 Å². The van der Waals surface area contributed by atoms with E-state index in [1.165, 1.54) is 0 Å². The summed E-state index contributed by atoms with van der Waals surface area (Å²) < 4.78 is 25.7. The molecule has 0 aromatic heterocycles. The van der Waals surface area contributed by atoms with E-state index in [1.807, 2.05) is 6.92 Å². The largest absolute Gasteiger partial charge is 0.388 e. The molecule has 0 aliphatic carbocycles. The van der Waals surface area contributed by atoms with E-state index in [9.17, 15) is 13.9 Å². The van der Waals surface area contributed by atoms with E-state index >= 15 is 0 Å². The molecule has 1 rings (SSSR count). The number of aliphatic hydroxyl groups excluding tert-OH is 1. The van der Waals surface area contributed by atoms with Crippen molar-refractivity contribution in [2.45, 2.75) is 31.9 Å². The fraction of sp³-hybridized carbons (Fsp3) is 0.455. The van der Waals surface area contributed by atoms with Crippen molar-refractivity contribution < 1.29 is 13.9 Å². The van der Waals surface area contributed by atoms with Gasteiger partial charge in [0.2, 0.25) is 0 Å². The Hall–Kier alpha value is -1.00. The summed E-state index contributed by atoms with van der Waals surface area (Å²) in [5.74, 6) is -1.37. The van der Waals surface area contributed by atoms with E-state index in [-0.39, 0.29) is 11.6 Å². The molecule has 15 heavy (non-hydrogen) atoms. The van der Waals surface area contributed by atoms with Gasteiger partial charge in [0.15, 0.2) is 0 Å². The lowest BCUT2D eigenvalue weighted by molar-refractivity contribution is 0.156. The Kier molecular flexibility index (Phi) is 4.17. The summed E-state index contributed by atoms with van der Waals surface area (Å²) in [7, 11) is 0. The summed E-state index contributed by atoms with van der Waals surface area (Å²) >= 11 is 0. The third-order valence-corrected chi connectivity index (χ3v) is 2.32. The molecule has 4 heteroatoms. The van der Waals surface area contributed by atoms with E-state index in [0.717, 1.165) is 24.6 Å². The number of hydrogen-bond donors (Lipinski definition) is 2. The van der Waals surface area contributed by atoms with Gasteiger partial charge in [0.1, 0.15) is 11.6 Å². The fourth-order valence-electron chi connectivity index (χ4n) is 1.36.